The fraction of sp³-hybridized carbons (Fsp3) is 0.533. The van der Waals surface area contributed by atoms with Crippen LogP contribution in [0.25, 0.3) is 0 Å². The number of aromatic nitrogens is 4. The predicted molar refractivity (Wildman–Crippen MR) is 97.1 cm³/mol. The highest BCUT2D eigenvalue weighted by molar-refractivity contribution is 7.99. The SMILES string of the molecule is COC(=O)c1c(NC(=O)CSc2nnnn2CC(C)C)sc(C)c1C. The topological polar surface area (TPSA) is 99.0 Å². The Bertz CT molecular complexity index is 769. The summed E-state index contributed by atoms with van der Waals surface area (Å²) >= 11 is 2.62. The number of rotatable bonds is 7. The maximum absolute atomic E-state index is 12.3. The van der Waals surface area contributed by atoms with E-state index < -0.39 is 5.97 Å². The van der Waals surface area contributed by atoms with Gasteiger partial charge in [-0.3, -0.25) is 4.79 Å². The molecule has 0 radical (unpaired) electrons. The number of amides is 1. The van der Waals surface area contributed by atoms with Gasteiger partial charge in [0.1, 0.15) is 5.00 Å². The highest BCUT2D eigenvalue weighted by Gasteiger charge is 2.22. The number of anilines is 1. The first-order valence-corrected chi connectivity index (χ1v) is 9.50. The van der Waals surface area contributed by atoms with Crippen molar-refractivity contribution in [1.82, 2.24) is 20.2 Å². The lowest BCUT2D eigenvalue weighted by Crippen LogP contribution is -2.16. The number of methoxy groups -OCH3 is 1. The molecule has 136 valence electrons. The molecule has 2 rings (SSSR count). The van der Waals surface area contributed by atoms with Gasteiger partial charge in [-0.15, -0.1) is 16.4 Å². The van der Waals surface area contributed by atoms with Crippen LogP contribution in [0.4, 0.5) is 5.00 Å². The Morgan fingerprint density at radius 1 is 1.36 bits per heavy atom. The number of hydrogen-bond acceptors (Lipinski definition) is 8. The lowest BCUT2D eigenvalue weighted by Gasteiger charge is -2.07. The molecule has 0 saturated heterocycles. The Kier molecular flexibility index (Phi) is 6.54. The summed E-state index contributed by atoms with van der Waals surface area (Å²) in [6.45, 7) is 8.56. The number of aryl methyl sites for hydroxylation is 1. The van der Waals surface area contributed by atoms with Gasteiger partial charge in [0, 0.05) is 11.4 Å². The van der Waals surface area contributed by atoms with Gasteiger partial charge in [0.05, 0.1) is 18.4 Å². The second kappa shape index (κ2) is 8.43. The van der Waals surface area contributed by atoms with Gasteiger partial charge >= 0.3 is 5.97 Å². The Hall–Kier alpha value is -1.94. The number of carbonyl (C=O) groups excluding carboxylic acids is 2. The molecule has 0 fully saturated rings. The van der Waals surface area contributed by atoms with E-state index in [0.29, 0.717) is 28.2 Å². The van der Waals surface area contributed by atoms with Crippen molar-refractivity contribution in [3.05, 3.63) is 16.0 Å². The van der Waals surface area contributed by atoms with Crippen molar-refractivity contribution in [2.24, 2.45) is 5.92 Å². The normalized spacial score (nSPS) is 11.0. The van der Waals surface area contributed by atoms with E-state index in [2.05, 4.69) is 34.7 Å². The Labute approximate surface area is 154 Å². The molecule has 25 heavy (non-hydrogen) atoms. The molecule has 1 N–H and O–H groups in total. The zero-order valence-electron chi connectivity index (χ0n) is 14.8. The van der Waals surface area contributed by atoms with Crippen LogP contribution in [0.1, 0.15) is 34.6 Å². The van der Waals surface area contributed by atoms with Gasteiger partial charge in [0.2, 0.25) is 11.1 Å². The fourth-order valence-electron chi connectivity index (χ4n) is 2.12. The lowest BCUT2D eigenvalue weighted by atomic mass is 10.1. The van der Waals surface area contributed by atoms with Gasteiger partial charge in [-0.1, -0.05) is 25.6 Å². The second-order valence-corrected chi connectivity index (χ2v) is 8.02. The Morgan fingerprint density at radius 2 is 2.08 bits per heavy atom. The molecule has 0 spiro atoms. The van der Waals surface area contributed by atoms with Crippen molar-refractivity contribution >= 4 is 40.0 Å². The molecule has 0 bridgehead atoms. The van der Waals surface area contributed by atoms with E-state index in [-0.39, 0.29) is 11.7 Å². The number of esters is 1. The van der Waals surface area contributed by atoms with E-state index in [1.54, 1.807) is 4.68 Å². The number of ether oxygens (including phenoxy) is 1. The van der Waals surface area contributed by atoms with Gasteiger partial charge < -0.3 is 10.1 Å². The van der Waals surface area contributed by atoms with Crippen molar-refractivity contribution in [2.75, 3.05) is 18.2 Å². The van der Waals surface area contributed by atoms with Crippen molar-refractivity contribution in [2.45, 2.75) is 39.4 Å². The zero-order chi connectivity index (χ0) is 18.6. The van der Waals surface area contributed by atoms with Crippen LogP contribution in [0, 0.1) is 19.8 Å². The fourth-order valence-corrected chi connectivity index (χ4v) is 3.87. The summed E-state index contributed by atoms with van der Waals surface area (Å²) < 4.78 is 6.49. The number of tetrazole rings is 1. The molecule has 2 aromatic rings. The van der Waals surface area contributed by atoms with E-state index in [1.165, 1.54) is 30.2 Å². The van der Waals surface area contributed by atoms with Crippen LogP contribution in [0.2, 0.25) is 0 Å². The average Bonchev–Trinajstić information content (AvgIpc) is 3.09. The van der Waals surface area contributed by atoms with E-state index >= 15 is 0 Å². The molecule has 0 atom stereocenters. The van der Waals surface area contributed by atoms with Gasteiger partial charge in [0.15, 0.2) is 0 Å². The van der Waals surface area contributed by atoms with Crippen molar-refractivity contribution in [1.29, 1.82) is 0 Å². The largest absolute Gasteiger partial charge is 0.465 e. The van der Waals surface area contributed by atoms with Crippen molar-refractivity contribution in [3.63, 3.8) is 0 Å². The molecular formula is C15H21N5O3S2. The standard InChI is InChI=1S/C15H21N5O3S2/c1-8(2)6-20-15(17-18-19-20)24-7-11(21)16-13-12(14(22)23-5)9(3)10(4)25-13/h8H,6-7H2,1-5H3,(H,16,21). The Balaban J connectivity index is 2.03. The first kappa shape index (κ1) is 19.4. The first-order chi connectivity index (χ1) is 11.8. The van der Waals surface area contributed by atoms with Gasteiger partial charge in [-0.2, -0.15) is 0 Å². The molecule has 0 saturated carbocycles. The Morgan fingerprint density at radius 3 is 2.72 bits per heavy atom. The molecule has 10 heteroatoms. The molecule has 0 unspecified atom stereocenters. The van der Waals surface area contributed by atoms with Crippen LogP contribution in [0.3, 0.4) is 0 Å². The third-order valence-corrected chi connectivity index (χ3v) is 5.48. The smallest absolute Gasteiger partial charge is 0.341 e. The zero-order valence-corrected chi connectivity index (χ0v) is 16.5. The molecule has 0 aliphatic rings. The minimum atomic E-state index is -0.453. The number of nitrogens with one attached hydrogen (secondary N) is 1. The van der Waals surface area contributed by atoms with E-state index in [9.17, 15) is 9.59 Å². The summed E-state index contributed by atoms with van der Waals surface area (Å²) in [5.41, 5.74) is 1.23. The van der Waals surface area contributed by atoms with Crippen LogP contribution in [0.15, 0.2) is 5.16 Å². The molecule has 0 aliphatic heterocycles. The number of thiophene rings is 1. The van der Waals surface area contributed by atoms with Crippen LogP contribution < -0.4 is 5.32 Å². The third kappa shape index (κ3) is 4.79. The monoisotopic (exact) mass is 383 g/mol. The molecule has 1 amide bonds. The minimum Gasteiger partial charge on any atom is -0.465 e. The third-order valence-electron chi connectivity index (χ3n) is 3.40. The van der Waals surface area contributed by atoms with Crippen LogP contribution in [0.5, 0.6) is 0 Å². The minimum absolute atomic E-state index is 0.148. The van der Waals surface area contributed by atoms with Crippen LogP contribution in [-0.2, 0) is 16.1 Å². The highest BCUT2D eigenvalue weighted by atomic mass is 32.2. The quantitative estimate of drug-likeness (QED) is 0.579. The second-order valence-electron chi connectivity index (χ2n) is 5.85. The van der Waals surface area contributed by atoms with Gasteiger partial charge in [-0.25, -0.2) is 9.48 Å². The molecular weight excluding hydrogens is 362 g/mol. The van der Waals surface area contributed by atoms with Crippen LogP contribution >= 0.6 is 23.1 Å². The summed E-state index contributed by atoms with van der Waals surface area (Å²) in [5.74, 6) is -0.132. The van der Waals surface area contributed by atoms with E-state index in [0.717, 1.165) is 10.4 Å². The maximum Gasteiger partial charge on any atom is 0.341 e. The lowest BCUT2D eigenvalue weighted by molar-refractivity contribution is -0.113. The van der Waals surface area contributed by atoms with Gasteiger partial charge in [0.25, 0.3) is 0 Å². The number of carbonyl (C=O) groups is 2. The summed E-state index contributed by atoms with van der Waals surface area (Å²) in [6.07, 6.45) is 0. The summed E-state index contributed by atoms with van der Waals surface area (Å²) in [4.78, 5) is 25.2. The maximum atomic E-state index is 12.3. The van der Waals surface area contributed by atoms with E-state index in [1.807, 2.05) is 13.8 Å². The summed E-state index contributed by atoms with van der Waals surface area (Å²) in [7, 11) is 1.32. The summed E-state index contributed by atoms with van der Waals surface area (Å²) in [5, 5.41) is 15.4. The number of nitrogens with zero attached hydrogens (tertiary/aromatic N) is 4. The number of hydrogen-bond donors (Lipinski definition) is 1. The molecule has 8 nitrogen and oxygen atoms in total. The molecule has 2 aromatic heterocycles. The highest BCUT2D eigenvalue weighted by Crippen LogP contribution is 2.33. The van der Waals surface area contributed by atoms with Gasteiger partial charge in [-0.05, 0) is 35.8 Å². The summed E-state index contributed by atoms with van der Waals surface area (Å²) in [6, 6.07) is 0. The van der Waals surface area contributed by atoms with E-state index in [4.69, 9.17) is 4.74 Å². The van der Waals surface area contributed by atoms with Crippen LogP contribution in [-0.4, -0.2) is 44.9 Å². The van der Waals surface area contributed by atoms with Crippen molar-refractivity contribution < 1.29 is 14.3 Å². The first-order valence-electron chi connectivity index (χ1n) is 7.70. The molecule has 2 heterocycles. The predicted octanol–water partition coefficient (Wildman–Crippen LogP) is 2.52. The van der Waals surface area contributed by atoms with Crippen molar-refractivity contribution in [3.8, 4) is 0 Å². The molecule has 0 aliphatic carbocycles. The number of thioether (sulfide) groups is 1. The molecule has 0 aromatic carbocycles. The average molecular weight is 383 g/mol.